The Kier molecular flexibility index (Phi) is 12.4. The van der Waals surface area contributed by atoms with Crippen LogP contribution in [0.3, 0.4) is 0 Å². The molecule has 0 bridgehead atoms. The summed E-state index contributed by atoms with van der Waals surface area (Å²) in [6.07, 6.45) is 0. The molecule has 0 saturated heterocycles. The average Bonchev–Trinajstić information content (AvgIpc) is 3.38. The number of hydrogen-bond donors (Lipinski definition) is 2. The Hall–Kier alpha value is -8.60. The van der Waals surface area contributed by atoms with E-state index in [0.717, 1.165) is 73.3 Å². The van der Waals surface area contributed by atoms with Crippen LogP contribution in [0.25, 0.3) is 33.4 Å². The third-order valence-corrected chi connectivity index (χ3v) is 12.8. The molecule has 0 aliphatic rings. The molecule has 4 heteroatoms. The summed E-state index contributed by atoms with van der Waals surface area (Å²) < 4.78 is 0. The highest BCUT2D eigenvalue weighted by Crippen LogP contribution is 2.46. The molecule has 0 atom stereocenters. The van der Waals surface area contributed by atoms with E-state index >= 15 is 0 Å². The van der Waals surface area contributed by atoms with Gasteiger partial charge >= 0.3 is 0 Å². The molecule has 10 aromatic rings. The molecular weight excluding hydrogens is 825 g/mol. The topological polar surface area (TPSA) is 30.5 Å². The minimum absolute atomic E-state index is 1.01. The number of rotatable bonds is 13. The zero-order valence-corrected chi connectivity index (χ0v) is 39.0. The molecule has 0 unspecified atom stereocenters. The second-order valence-corrected chi connectivity index (χ2v) is 17.4. The molecule has 0 radical (unpaired) electrons. The quantitative estimate of drug-likeness (QED) is 0.121. The van der Waals surface area contributed by atoms with Crippen LogP contribution in [0.2, 0.25) is 0 Å². The van der Waals surface area contributed by atoms with Crippen LogP contribution in [0.15, 0.2) is 243 Å². The average molecular weight is 879 g/mol. The summed E-state index contributed by atoms with van der Waals surface area (Å²) in [4.78, 5) is 4.71. The lowest BCUT2D eigenvalue weighted by Crippen LogP contribution is -2.12. The Morgan fingerprint density at radius 2 is 0.603 bits per heavy atom. The summed E-state index contributed by atoms with van der Waals surface area (Å²) in [6, 6.07) is 86.7. The van der Waals surface area contributed by atoms with Gasteiger partial charge in [0.25, 0.3) is 0 Å². The first-order chi connectivity index (χ1) is 33.4. The predicted molar refractivity (Wildman–Crippen MR) is 291 cm³/mol. The Morgan fingerprint density at radius 1 is 0.265 bits per heavy atom. The van der Waals surface area contributed by atoms with E-state index in [0.29, 0.717) is 0 Å². The van der Waals surface area contributed by atoms with E-state index in [1.165, 1.54) is 39.2 Å². The van der Waals surface area contributed by atoms with E-state index in [4.69, 9.17) is 0 Å². The molecule has 4 nitrogen and oxygen atoms in total. The van der Waals surface area contributed by atoms with E-state index in [-0.39, 0.29) is 0 Å². The van der Waals surface area contributed by atoms with Crippen molar-refractivity contribution < 1.29 is 0 Å². The first-order valence-corrected chi connectivity index (χ1v) is 23.3. The Bertz CT molecular complexity index is 3210. The first-order valence-electron chi connectivity index (χ1n) is 23.3. The fourth-order valence-corrected chi connectivity index (χ4v) is 9.27. The van der Waals surface area contributed by atoms with Gasteiger partial charge in [0.1, 0.15) is 0 Å². The third kappa shape index (κ3) is 9.00. The van der Waals surface area contributed by atoms with Crippen LogP contribution in [0.1, 0.15) is 22.3 Å². The molecule has 10 rings (SSSR count). The molecule has 2 N–H and O–H groups in total. The molecule has 68 heavy (non-hydrogen) atoms. The van der Waals surface area contributed by atoms with E-state index < -0.39 is 0 Å². The maximum atomic E-state index is 3.87. The van der Waals surface area contributed by atoms with E-state index in [1.807, 2.05) is 0 Å². The summed E-state index contributed by atoms with van der Waals surface area (Å²) >= 11 is 0. The molecule has 0 aliphatic carbocycles. The van der Waals surface area contributed by atoms with Gasteiger partial charge < -0.3 is 20.4 Å². The fourth-order valence-electron chi connectivity index (χ4n) is 9.27. The zero-order chi connectivity index (χ0) is 46.4. The van der Waals surface area contributed by atoms with Crippen molar-refractivity contribution in [3.8, 4) is 33.4 Å². The van der Waals surface area contributed by atoms with Crippen LogP contribution in [0, 0.1) is 27.7 Å². The molecule has 330 valence electrons. The highest BCUT2D eigenvalue weighted by Gasteiger charge is 2.21. The van der Waals surface area contributed by atoms with Crippen LogP contribution in [0.5, 0.6) is 0 Å². The van der Waals surface area contributed by atoms with Crippen molar-refractivity contribution in [2.75, 3.05) is 20.4 Å². The monoisotopic (exact) mass is 878 g/mol. The van der Waals surface area contributed by atoms with Gasteiger partial charge in [-0.15, -0.1) is 0 Å². The van der Waals surface area contributed by atoms with Crippen LogP contribution in [-0.2, 0) is 0 Å². The van der Waals surface area contributed by atoms with Crippen LogP contribution in [0.4, 0.5) is 56.9 Å². The first kappa shape index (κ1) is 43.3. The second kappa shape index (κ2) is 19.5. The lowest BCUT2D eigenvalue weighted by molar-refractivity contribution is 1.23. The number of anilines is 10. The summed E-state index contributed by atoms with van der Waals surface area (Å²) in [5.41, 5.74) is 22.7. The molecule has 0 fully saturated rings. The molecule has 0 spiro atoms. The van der Waals surface area contributed by atoms with Crippen LogP contribution >= 0.6 is 0 Å². The number of aryl methyl sites for hydroxylation is 4. The Balaban J connectivity index is 0.974. The van der Waals surface area contributed by atoms with Gasteiger partial charge in [0.15, 0.2) is 0 Å². The molecule has 0 heterocycles. The summed E-state index contributed by atoms with van der Waals surface area (Å²) in [5.74, 6) is 0. The largest absolute Gasteiger partial charge is 0.356 e. The lowest BCUT2D eigenvalue weighted by Gasteiger charge is -2.28. The Morgan fingerprint density at radius 3 is 1.00 bits per heavy atom. The standard InChI is InChI=1S/C64H54N4/c1-45-19-11-15-27-59(45)67(60-28-16-12-20-46(60)2)55-39-35-53(36-40-55)65-52-33-31-49(32-34-52)57-43-44-58(64(51-25-9-6-10-26-51)63(57)50-23-7-5-8-24-50)66-54-37-41-56(42-38-54)68(61-29-17-13-21-47(61)3)62-30-18-14-22-48(62)4/h5-44,65-66H,1-4H3. The Labute approximate surface area is 401 Å². The summed E-state index contributed by atoms with van der Waals surface area (Å²) in [7, 11) is 0. The van der Waals surface area contributed by atoms with Crippen molar-refractivity contribution in [2.45, 2.75) is 27.7 Å². The molecule has 0 amide bonds. The molecule has 0 saturated carbocycles. The minimum Gasteiger partial charge on any atom is -0.356 e. The smallest absolute Gasteiger partial charge is 0.0490 e. The fraction of sp³-hybridized carbons (Fsp3) is 0.0625. The van der Waals surface area contributed by atoms with Crippen molar-refractivity contribution in [2.24, 2.45) is 0 Å². The highest BCUT2D eigenvalue weighted by atomic mass is 15.2. The second-order valence-electron chi connectivity index (χ2n) is 17.4. The highest BCUT2D eigenvalue weighted by molar-refractivity contribution is 6.01. The SMILES string of the molecule is Cc1ccccc1N(c1ccc(Nc2ccc(-c3ccc(Nc4ccc(N(c5ccccc5C)c5ccccc5C)cc4)c(-c4ccccc4)c3-c3ccccc3)cc2)cc1)c1ccccc1C. The van der Waals surface area contributed by atoms with Crippen LogP contribution < -0.4 is 20.4 Å². The van der Waals surface area contributed by atoms with Gasteiger partial charge in [0.05, 0.1) is 0 Å². The zero-order valence-electron chi connectivity index (χ0n) is 39.0. The van der Waals surface area contributed by atoms with Crippen molar-refractivity contribution in [3.63, 3.8) is 0 Å². The number of benzene rings is 10. The van der Waals surface area contributed by atoms with E-state index in [1.54, 1.807) is 0 Å². The van der Waals surface area contributed by atoms with E-state index in [9.17, 15) is 0 Å². The molecular formula is C64H54N4. The van der Waals surface area contributed by atoms with Crippen molar-refractivity contribution >= 4 is 56.9 Å². The summed E-state index contributed by atoms with van der Waals surface area (Å²) in [6.45, 7) is 8.69. The third-order valence-electron chi connectivity index (χ3n) is 12.8. The van der Waals surface area contributed by atoms with E-state index in [2.05, 4.69) is 291 Å². The molecule has 10 aromatic carbocycles. The van der Waals surface area contributed by atoms with Gasteiger partial charge in [-0.05, 0) is 169 Å². The lowest BCUT2D eigenvalue weighted by atomic mass is 9.86. The van der Waals surface area contributed by atoms with Gasteiger partial charge in [0, 0.05) is 62.4 Å². The normalized spacial score (nSPS) is 10.9. The van der Waals surface area contributed by atoms with Gasteiger partial charge in [-0.2, -0.15) is 0 Å². The number of hydrogen-bond acceptors (Lipinski definition) is 4. The van der Waals surface area contributed by atoms with Crippen molar-refractivity contribution in [1.29, 1.82) is 0 Å². The maximum absolute atomic E-state index is 3.87. The number of nitrogens with zero attached hydrogens (tertiary/aromatic N) is 2. The van der Waals surface area contributed by atoms with Crippen molar-refractivity contribution in [1.82, 2.24) is 0 Å². The van der Waals surface area contributed by atoms with Gasteiger partial charge in [0.2, 0.25) is 0 Å². The summed E-state index contributed by atoms with van der Waals surface area (Å²) in [5, 5.41) is 7.54. The van der Waals surface area contributed by atoms with Gasteiger partial charge in [-0.3, -0.25) is 0 Å². The number of nitrogens with one attached hydrogen (secondary N) is 2. The van der Waals surface area contributed by atoms with Gasteiger partial charge in [-0.25, -0.2) is 0 Å². The molecule has 0 aliphatic heterocycles. The predicted octanol–water partition coefficient (Wildman–Crippen LogP) is 18.3. The van der Waals surface area contributed by atoms with Gasteiger partial charge in [-0.1, -0.05) is 152 Å². The van der Waals surface area contributed by atoms with Crippen molar-refractivity contribution in [3.05, 3.63) is 265 Å². The minimum atomic E-state index is 1.01. The molecule has 0 aromatic heterocycles. The maximum Gasteiger partial charge on any atom is 0.0490 e. The number of para-hydroxylation sites is 4. The van der Waals surface area contributed by atoms with Crippen LogP contribution in [-0.4, -0.2) is 0 Å².